The fourth-order valence-electron chi connectivity index (χ4n) is 5.96. The topological polar surface area (TPSA) is 234 Å². The number of aromatic nitrogens is 2. The van der Waals surface area contributed by atoms with E-state index in [4.69, 9.17) is 18.9 Å². The molecule has 0 aliphatic rings. The van der Waals surface area contributed by atoms with Crippen molar-refractivity contribution in [3.63, 3.8) is 0 Å². The Morgan fingerprint density at radius 3 is 1.79 bits per heavy atom. The smallest absolute Gasteiger partial charge is 0.408 e. The molecule has 18 nitrogen and oxygen atoms in total. The molecule has 18 heteroatoms. The largest absolute Gasteiger partial charge is 0.467 e. The molecule has 61 heavy (non-hydrogen) atoms. The van der Waals surface area contributed by atoms with Crippen molar-refractivity contribution in [2.24, 2.45) is 7.05 Å². The maximum absolute atomic E-state index is 14.4. The van der Waals surface area contributed by atoms with Crippen LogP contribution in [0.4, 0.5) is 4.79 Å². The van der Waals surface area contributed by atoms with Gasteiger partial charge in [0.2, 0.25) is 23.6 Å². The third-order valence-corrected chi connectivity index (χ3v) is 8.73. The Balaban J connectivity index is 2.54. The van der Waals surface area contributed by atoms with E-state index in [-0.39, 0.29) is 25.7 Å². The summed E-state index contributed by atoms with van der Waals surface area (Å²) >= 11 is 0. The van der Waals surface area contributed by atoms with Gasteiger partial charge in [0.1, 0.15) is 41.4 Å². The summed E-state index contributed by atoms with van der Waals surface area (Å²) in [5, 5.41) is 13.2. The highest BCUT2D eigenvalue weighted by Crippen LogP contribution is 2.16. The highest BCUT2D eigenvalue weighted by molar-refractivity contribution is 5.96. The third-order valence-electron chi connectivity index (χ3n) is 8.73. The summed E-state index contributed by atoms with van der Waals surface area (Å²) in [7, 11) is 2.90. The predicted molar refractivity (Wildman–Crippen MR) is 226 cm³/mol. The summed E-state index contributed by atoms with van der Waals surface area (Å²) in [5.74, 6) is -4.50. The van der Waals surface area contributed by atoms with Gasteiger partial charge < -0.3 is 50.1 Å². The van der Waals surface area contributed by atoms with Gasteiger partial charge in [-0.2, -0.15) is 0 Å². The molecule has 6 atom stereocenters. The van der Waals surface area contributed by atoms with Crippen LogP contribution in [0.5, 0.6) is 0 Å². The monoisotopic (exact) mass is 857 g/mol. The molecule has 0 aliphatic carbocycles. The Labute approximate surface area is 359 Å². The second-order valence-electron chi connectivity index (χ2n) is 17.8. The van der Waals surface area contributed by atoms with Crippen LogP contribution in [0.15, 0.2) is 42.9 Å². The standard InChI is InChI=1S/C43H67N7O11/c1-26(39(56)58-13)45-35(52)30(20-19-28-17-15-14-16-18-28)46-36(53)31(21-22-33(51)60-42(6,7)8)47-38(55)34(27(2)59-41(3,4)5)49-37(54)32(23-29-24-44-25-50(29)12)48-40(57)61-43(9,10)11/h14-18,24-27,30-32,34H,19-23H2,1-13H3,(H,45,52)(H,46,53)(H,47,55)(H,48,57)(H,49,54)/t26-,27+,30-,31+,32-,34+/m0/s1. The highest BCUT2D eigenvalue weighted by atomic mass is 16.6. The van der Waals surface area contributed by atoms with Gasteiger partial charge in [-0.15, -0.1) is 0 Å². The number of imidazole rings is 1. The number of aryl methyl sites for hydroxylation is 2. The first-order valence-electron chi connectivity index (χ1n) is 20.4. The SMILES string of the molecule is COC(=O)[C@H](C)NC(=O)[C@H](CCc1ccccc1)NC(=O)[C@@H](CCC(=O)OC(C)(C)C)NC(=O)[C@H](NC(=O)[C@H](Cc1cncn1C)NC(=O)OC(C)(C)C)[C@@H](C)OC(C)(C)C. The van der Waals surface area contributed by atoms with Gasteiger partial charge in [-0.1, -0.05) is 30.3 Å². The fourth-order valence-corrected chi connectivity index (χ4v) is 5.96. The van der Waals surface area contributed by atoms with Crippen molar-refractivity contribution in [2.75, 3.05) is 7.11 Å². The Hall–Kier alpha value is -5.52. The van der Waals surface area contributed by atoms with Gasteiger partial charge in [0.05, 0.1) is 25.1 Å². The molecule has 1 heterocycles. The zero-order valence-electron chi connectivity index (χ0n) is 37.9. The van der Waals surface area contributed by atoms with Crippen LogP contribution in [0.3, 0.4) is 0 Å². The lowest BCUT2D eigenvalue weighted by Crippen LogP contribution is -2.62. The number of amides is 5. The van der Waals surface area contributed by atoms with Gasteiger partial charge in [-0.05, 0) is 101 Å². The average Bonchev–Trinajstić information content (AvgIpc) is 3.54. The molecule has 0 fully saturated rings. The predicted octanol–water partition coefficient (Wildman–Crippen LogP) is 2.95. The average molecular weight is 858 g/mol. The van der Waals surface area contributed by atoms with Crippen LogP contribution in [0.25, 0.3) is 0 Å². The van der Waals surface area contributed by atoms with Crippen molar-refractivity contribution < 1.29 is 52.5 Å². The summed E-state index contributed by atoms with van der Waals surface area (Å²) < 4.78 is 23.5. The minimum Gasteiger partial charge on any atom is -0.467 e. The van der Waals surface area contributed by atoms with Crippen molar-refractivity contribution >= 4 is 41.7 Å². The summed E-state index contributed by atoms with van der Waals surface area (Å²) in [6, 6.07) is 2.80. The first-order chi connectivity index (χ1) is 28.2. The second kappa shape index (κ2) is 22.9. The Kier molecular flexibility index (Phi) is 19.4. The lowest BCUT2D eigenvalue weighted by molar-refractivity contribution is -0.155. The normalized spacial score (nSPS) is 14.8. The van der Waals surface area contributed by atoms with Gasteiger partial charge in [-0.25, -0.2) is 14.6 Å². The van der Waals surface area contributed by atoms with E-state index in [1.54, 1.807) is 80.9 Å². The highest BCUT2D eigenvalue weighted by Gasteiger charge is 2.37. The molecule has 2 rings (SSSR count). The van der Waals surface area contributed by atoms with Crippen molar-refractivity contribution in [3.05, 3.63) is 54.1 Å². The molecule has 0 bridgehead atoms. The molecular weight excluding hydrogens is 791 g/mol. The minimum absolute atomic E-state index is 0.0353. The van der Waals surface area contributed by atoms with Crippen molar-refractivity contribution in [3.8, 4) is 0 Å². The lowest BCUT2D eigenvalue weighted by Gasteiger charge is -2.33. The van der Waals surface area contributed by atoms with Gasteiger partial charge in [-0.3, -0.25) is 24.0 Å². The number of benzene rings is 1. The molecule has 340 valence electrons. The van der Waals surface area contributed by atoms with E-state index in [0.29, 0.717) is 12.1 Å². The number of nitrogens with zero attached hydrogens (tertiary/aromatic N) is 2. The van der Waals surface area contributed by atoms with Gasteiger partial charge in [0, 0.05) is 31.8 Å². The number of rotatable bonds is 20. The molecular formula is C43H67N7O11. The number of carbonyl (C=O) groups is 7. The molecule has 5 amide bonds. The summed E-state index contributed by atoms with van der Waals surface area (Å²) in [4.78, 5) is 98.6. The van der Waals surface area contributed by atoms with Crippen LogP contribution in [0.1, 0.15) is 107 Å². The van der Waals surface area contributed by atoms with E-state index in [1.165, 1.54) is 26.6 Å². The van der Waals surface area contributed by atoms with Crippen molar-refractivity contribution in [2.45, 2.75) is 161 Å². The third kappa shape index (κ3) is 19.6. The maximum Gasteiger partial charge on any atom is 0.408 e. The maximum atomic E-state index is 14.4. The number of nitrogens with one attached hydrogen (secondary N) is 5. The molecule has 1 aromatic heterocycles. The first kappa shape index (κ1) is 51.6. The quantitative estimate of drug-likeness (QED) is 0.0956. The van der Waals surface area contributed by atoms with Crippen LogP contribution in [-0.2, 0) is 67.6 Å². The second-order valence-corrected chi connectivity index (χ2v) is 17.8. The van der Waals surface area contributed by atoms with E-state index in [1.807, 2.05) is 30.3 Å². The molecule has 1 aromatic carbocycles. The summed E-state index contributed by atoms with van der Waals surface area (Å²) in [5.41, 5.74) is -1.07. The zero-order valence-corrected chi connectivity index (χ0v) is 37.9. The van der Waals surface area contributed by atoms with Crippen LogP contribution in [0.2, 0.25) is 0 Å². The van der Waals surface area contributed by atoms with Crippen LogP contribution in [0, 0.1) is 0 Å². The molecule has 5 N–H and O–H groups in total. The van der Waals surface area contributed by atoms with E-state index < -0.39 is 94.8 Å². The number of ether oxygens (including phenoxy) is 4. The van der Waals surface area contributed by atoms with Crippen molar-refractivity contribution in [1.29, 1.82) is 0 Å². The Bertz CT molecular complexity index is 1800. The Morgan fingerprint density at radius 1 is 0.689 bits per heavy atom. The van der Waals surface area contributed by atoms with Gasteiger partial charge in [0.15, 0.2) is 0 Å². The fraction of sp³-hybridized carbons (Fsp3) is 0.628. The van der Waals surface area contributed by atoms with Crippen molar-refractivity contribution in [1.82, 2.24) is 36.1 Å². The van der Waals surface area contributed by atoms with Crippen LogP contribution in [-0.4, -0.2) is 111 Å². The van der Waals surface area contributed by atoms with E-state index >= 15 is 0 Å². The molecule has 0 saturated carbocycles. The summed E-state index contributed by atoms with van der Waals surface area (Å²) in [6.07, 6.45) is 1.02. The molecule has 0 spiro atoms. The van der Waals surface area contributed by atoms with Crippen LogP contribution < -0.4 is 26.6 Å². The Morgan fingerprint density at radius 2 is 1.25 bits per heavy atom. The number of esters is 2. The molecule has 0 aliphatic heterocycles. The van der Waals surface area contributed by atoms with Gasteiger partial charge in [0.25, 0.3) is 0 Å². The summed E-state index contributed by atoms with van der Waals surface area (Å²) in [6.45, 7) is 18.3. The minimum atomic E-state index is -1.46. The van der Waals surface area contributed by atoms with E-state index in [2.05, 4.69) is 31.6 Å². The van der Waals surface area contributed by atoms with E-state index in [0.717, 1.165) is 5.56 Å². The molecule has 0 saturated heterocycles. The lowest BCUT2D eigenvalue weighted by atomic mass is 10.0. The number of hydrogen-bond acceptors (Lipinski definition) is 12. The zero-order chi connectivity index (χ0) is 46.3. The number of methoxy groups -OCH3 is 1. The molecule has 0 radical (unpaired) electrons. The van der Waals surface area contributed by atoms with Gasteiger partial charge >= 0.3 is 18.0 Å². The van der Waals surface area contributed by atoms with Crippen LogP contribution >= 0.6 is 0 Å². The molecule has 0 unspecified atom stereocenters. The number of alkyl carbamates (subject to hydrolysis) is 1. The first-order valence-corrected chi connectivity index (χ1v) is 20.4. The number of hydrogen-bond donors (Lipinski definition) is 5. The number of carbonyl (C=O) groups excluding carboxylic acids is 7. The molecule has 2 aromatic rings. The van der Waals surface area contributed by atoms with E-state index in [9.17, 15) is 33.6 Å².